The Morgan fingerprint density at radius 2 is 0.857 bits per heavy atom. The van der Waals surface area contributed by atoms with Gasteiger partial charge in [0, 0.05) is 0 Å². The van der Waals surface area contributed by atoms with Crippen molar-refractivity contribution in [2.45, 2.75) is 0 Å². The summed E-state index contributed by atoms with van der Waals surface area (Å²) in [6.07, 6.45) is 0. The first-order valence-corrected chi connectivity index (χ1v) is 10.2. The normalized spacial score (nSPS) is 23.1. The van der Waals surface area contributed by atoms with Crippen molar-refractivity contribution in [3.8, 4) is 0 Å². The van der Waals surface area contributed by atoms with Crippen molar-refractivity contribution in [2.24, 2.45) is 0 Å². The van der Waals surface area contributed by atoms with Gasteiger partial charge in [-0.25, -0.2) is 0 Å². The van der Waals surface area contributed by atoms with E-state index in [4.69, 9.17) is 0 Å². The topological polar surface area (TPSA) is 0 Å². The molecule has 0 spiro atoms. The molecule has 0 amide bonds. The molecule has 0 radical (unpaired) electrons. The van der Waals surface area contributed by atoms with E-state index in [2.05, 4.69) is 0 Å². The SMILES string of the molecule is [F][Nb-]([F])([F])([F])([F])[Br]. The molecule has 0 atom stereocenters. The van der Waals surface area contributed by atoms with Gasteiger partial charge in [0.2, 0.25) is 0 Å². The first kappa shape index (κ1) is 7.87. The van der Waals surface area contributed by atoms with Gasteiger partial charge in [-0.15, -0.1) is 0 Å². The minimum absolute atomic E-state index is 0.446. The van der Waals surface area contributed by atoms with Crippen molar-refractivity contribution >= 4 is 13.0 Å². The van der Waals surface area contributed by atoms with Gasteiger partial charge in [-0.3, -0.25) is 0 Å². The molecule has 0 aliphatic heterocycles. The van der Waals surface area contributed by atoms with Gasteiger partial charge < -0.3 is 0 Å². The summed E-state index contributed by atoms with van der Waals surface area (Å²) in [4.78, 5) is 0. The maximum atomic E-state index is 10.5. The summed E-state index contributed by atoms with van der Waals surface area (Å²) < 4.78 is 52.5. The summed E-state index contributed by atoms with van der Waals surface area (Å²) >= 11 is -9.49. The molecule has 0 bridgehead atoms. The van der Waals surface area contributed by atoms with Gasteiger partial charge in [-0.2, -0.15) is 0 Å². The number of halogens is 6. The van der Waals surface area contributed by atoms with Crippen LogP contribution in [0.4, 0.5) is 15.1 Å². The Bertz CT molecular complexity index is 66.6. The second-order valence-electron chi connectivity index (χ2n) is 0.958. The van der Waals surface area contributed by atoms with Crippen LogP contribution in [0.15, 0.2) is 0 Å². The Morgan fingerprint density at radius 1 is 0.857 bits per heavy atom. The van der Waals surface area contributed by atoms with Gasteiger partial charge >= 0.3 is 43.2 Å². The molecule has 0 heterocycles. The third-order valence-electron chi connectivity index (χ3n) is 0. The second-order valence-corrected chi connectivity index (χ2v) is 13.6. The van der Waals surface area contributed by atoms with E-state index < -0.39 is 15.1 Å². The van der Waals surface area contributed by atoms with Crippen molar-refractivity contribution in [2.75, 3.05) is 0 Å². The van der Waals surface area contributed by atoms with Crippen LogP contribution in [0.1, 0.15) is 0 Å². The fraction of sp³-hybridized carbons (Fsp3) is 0. The predicted octanol–water partition coefficient (Wildman–Crippen LogP) is 2.94. The fourth-order valence-electron chi connectivity index (χ4n) is 0. The number of hydrogen-bond acceptors (Lipinski definition) is 0. The van der Waals surface area contributed by atoms with Crippen LogP contribution < -0.4 is 0 Å². The number of rotatable bonds is 0. The van der Waals surface area contributed by atoms with Crippen LogP contribution in [0.2, 0.25) is 0 Å². The summed E-state index contributed by atoms with van der Waals surface area (Å²) in [5.74, 6) is 0. The van der Waals surface area contributed by atoms with Gasteiger partial charge in [-0.05, 0) is 0 Å². The molecule has 0 unspecified atom stereocenters. The van der Waals surface area contributed by atoms with Crippen LogP contribution in [0.3, 0.4) is 0 Å². The molecule has 48 valence electrons. The Morgan fingerprint density at radius 3 is 0.857 bits per heavy atom. The van der Waals surface area contributed by atoms with Gasteiger partial charge in [0.25, 0.3) is 0 Å². The monoisotopic (exact) mass is 267 g/mol. The zero-order valence-electron chi connectivity index (χ0n) is 2.72. The third-order valence-corrected chi connectivity index (χ3v) is 0. The molecule has 0 nitrogen and oxygen atoms in total. The minimum atomic E-state index is -9.94. The van der Waals surface area contributed by atoms with E-state index in [1.54, 1.807) is 0 Å². The van der Waals surface area contributed by atoms with E-state index in [9.17, 15) is 15.1 Å². The van der Waals surface area contributed by atoms with E-state index in [0.717, 1.165) is 0 Å². The Balaban J connectivity index is 4.43. The van der Waals surface area contributed by atoms with Crippen molar-refractivity contribution in [3.63, 3.8) is 0 Å². The van der Waals surface area contributed by atoms with Crippen molar-refractivity contribution < 1.29 is 30.2 Å². The van der Waals surface area contributed by atoms with Gasteiger partial charge in [0.05, 0.1) is 0 Å². The third kappa shape index (κ3) is 215. The summed E-state index contributed by atoms with van der Waals surface area (Å²) in [6.45, 7) is 0. The summed E-state index contributed by atoms with van der Waals surface area (Å²) in [5, 5.41) is 0. The van der Waals surface area contributed by atoms with E-state index in [1.165, 1.54) is 0 Å². The molecule has 0 fully saturated rings. The summed E-state index contributed by atoms with van der Waals surface area (Å²) in [5.41, 5.74) is 0. The molecular weight excluding hydrogens is 268 g/mol. The van der Waals surface area contributed by atoms with Crippen molar-refractivity contribution in [3.05, 3.63) is 0 Å². The predicted molar refractivity (Wildman–Crippen MR) is 14.5 cm³/mol. The fourth-order valence-corrected chi connectivity index (χ4v) is 0. The maximum absolute atomic E-state index is 10.5. The molecule has 0 rings (SSSR count). The van der Waals surface area contributed by atoms with Gasteiger partial charge in [0.1, 0.15) is 0 Å². The van der Waals surface area contributed by atoms with Crippen LogP contribution in [-0.4, -0.2) is 0 Å². The molecule has 0 aromatic carbocycles. The zero-order chi connectivity index (χ0) is 6.41. The zero-order valence-corrected chi connectivity index (χ0v) is 6.50. The Hall–Kier alpha value is 0.870. The molecule has 0 saturated carbocycles. The molecule has 7 heteroatoms. The van der Waals surface area contributed by atoms with Crippen LogP contribution in [-0.2, 0) is 15.1 Å². The Labute approximate surface area is 43.5 Å². The van der Waals surface area contributed by atoms with E-state index in [0.29, 0.717) is 13.0 Å². The Kier molecular flexibility index (Phi) is 1.06. The summed E-state index contributed by atoms with van der Waals surface area (Å²) in [6, 6.07) is 0. The average Bonchev–Trinajstić information content (AvgIpc) is 0.592. The molecular formula is BrF5Nb-. The van der Waals surface area contributed by atoms with Gasteiger partial charge in [-0.1, -0.05) is 0 Å². The molecule has 0 aromatic heterocycles. The van der Waals surface area contributed by atoms with Crippen LogP contribution in [0.5, 0.6) is 0 Å². The van der Waals surface area contributed by atoms with E-state index in [1.807, 2.05) is 0 Å². The van der Waals surface area contributed by atoms with Crippen LogP contribution >= 0.6 is 13.0 Å². The second kappa shape index (κ2) is 0.940. The van der Waals surface area contributed by atoms with Crippen molar-refractivity contribution in [1.29, 1.82) is 0 Å². The molecule has 0 aromatic rings. The quantitative estimate of drug-likeness (QED) is 0.468. The summed E-state index contributed by atoms with van der Waals surface area (Å²) in [7, 11) is 0. The van der Waals surface area contributed by atoms with E-state index >= 15 is 0 Å². The molecule has 0 aliphatic rings. The van der Waals surface area contributed by atoms with Crippen LogP contribution in [0.25, 0.3) is 0 Å². The molecule has 0 N–H and O–H groups in total. The van der Waals surface area contributed by atoms with Crippen LogP contribution in [0, 0.1) is 0 Å². The first-order valence-electron chi connectivity index (χ1n) is 1.01. The standard InChI is InChI=1S/BrH.5FH.Nb/h6*1H;/q;;;;;;+5/p-6. The molecule has 0 saturated heterocycles. The average molecular weight is 268 g/mol. The number of hydrogen-bond donors (Lipinski definition) is 0. The van der Waals surface area contributed by atoms with E-state index in [-0.39, 0.29) is 0 Å². The first-order chi connectivity index (χ1) is 2.45. The molecule has 0 aliphatic carbocycles. The molecule has 7 heavy (non-hydrogen) atoms. The van der Waals surface area contributed by atoms with Gasteiger partial charge in [0.15, 0.2) is 0 Å². The van der Waals surface area contributed by atoms with Crippen molar-refractivity contribution in [1.82, 2.24) is 0 Å².